The number of benzene rings is 2. The van der Waals surface area contributed by atoms with E-state index in [9.17, 15) is 4.39 Å². The molecule has 0 radical (unpaired) electrons. The maximum Gasteiger partial charge on any atom is 0.142 e. The number of para-hydroxylation sites is 2. The largest absolute Gasteiger partial charge is 0.492 e. The van der Waals surface area contributed by atoms with Crippen LogP contribution in [0.15, 0.2) is 42.5 Å². The highest BCUT2D eigenvalue weighted by Gasteiger charge is 2.05. The summed E-state index contributed by atoms with van der Waals surface area (Å²) in [5, 5.41) is 3.66. The van der Waals surface area contributed by atoms with Crippen LogP contribution in [0.1, 0.15) is 12.5 Å². The van der Waals surface area contributed by atoms with E-state index in [-0.39, 0.29) is 5.82 Å². The second-order valence-electron chi connectivity index (χ2n) is 4.02. The molecular formula is C15H15ClFNO. The summed E-state index contributed by atoms with van der Waals surface area (Å²) in [4.78, 5) is 0. The number of hydrogen-bond donors (Lipinski definition) is 1. The van der Waals surface area contributed by atoms with Crippen molar-refractivity contribution in [3.63, 3.8) is 0 Å². The summed E-state index contributed by atoms with van der Waals surface area (Å²) in [6.45, 7) is 3.06. The monoisotopic (exact) mass is 279 g/mol. The zero-order valence-corrected chi connectivity index (χ0v) is 11.4. The van der Waals surface area contributed by atoms with E-state index in [0.29, 0.717) is 18.2 Å². The summed E-state index contributed by atoms with van der Waals surface area (Å²) in [5.41, 5.74) is 1.74. The first-order valence-electron chi connectivity index (χ1n) is 6.10. The molecule has 19 heavy (non-hydrogen) atoms. The van der Waals surface area contributed by atoms with Gasteiger partial charge in [-0.15, -0.1) is 0 Å². The topological polar surface area (TPSA) is 21.3 Å². The predicted molar refractivity (Wildman–Crippen MR) is 76.3 cm³/mol. The van der Waals surface area contributed by atoms with Crippen molar-refractivity contribution in [2.24, 2.45) is 0 Å². The highest BCUT2D eigenvalue weighted by atomic mass is 35.5. The van der Waals surface area contributed by atoms with Gasteiger partial charge in [-0.25, -0.2) is 4.39 Å². The summed E-state index contributed by atoms with van der Waals surface area (Å²) in [7, 11) is 0. The van der Waals surface area contributed by atoms with Crippen LogP contribution in [0.2, 0.25) is 5.02 Å². The van der Waals surface area contributed by atoms with E-state index in [1.54, 1.807) is 6.07 Å². The molecule has 0 aliphatic carbocycles. The second kappa shape index (κ2) is 6.43. The molecule has 0 heterocycles. The predicted octanol–water partition coefficient (Wildman–Crippen LogP) is 4.49. The lowest BCUT2D eigenvalue weighted by Crippen LogP contribution is -2.03. The number of anilines is 1. The van der Waals surface area contributed by atoms with Crippen molar-refractivity contribution in [3.8, 4) is 5.75 Å². The van der Waals surface area contributed by atoms with Gasteiger partial charge in [0.1, 0.15) is 11.6 Å². The van der Waals surface area contributed by atoms with Crippen molar-refractivity contribution in [1.82, 2.24) is 0 Å². The molecule has 0 fully saturated rings. The van der Waals surface area contributed by atoms with Gasteiger partial charge in [0.15, 0.2) is 0 Å². The Kier molecular flexibility index (Phi) is 4.63. The average molecular weight is 280 g/mol. The molecular weight excluding hydrogens is 265 g/mol. The van der Waals surface area contributed by atoms with Gasteiger partial charge >= 0.3 is 0 Å². The van der Waals surface area contributed by atoms with Gasteiger partial charge in [0.2, 0.25) is 0 Å². The number of nitrogens with one attached hydrogen (secondary N) is 1. The number of halogens is 2. The van der Waals surface area contributed by atoms with Crippen molar-refractivity contribution in [3.05, 3.63) is 58.9 Å². The third-order valence-corrected chi connectivity index (χ3v) is 3.02. The van der Waals surface area contributed by atoms with Crippen molar-refractivity contribution in [1.29, 1.82) is 0 Å². The minimum absolute atomic E-state index is 0.330. The fourth-order valence-corrected chi connectivity index (χ4v) is 1.98. The molecule has 0 spiro atoms. The van der Waals surface area contributed by atoms with Gasteiger partial charge in [-0.3, -0.25) is 0 Å². The first-order chi connectivity index (χ1) is 9.20. The first kappa shape index (κ1) is 13.7. The quantitative estimate of drug-likeness (QED) is 0.871. The van der Waals surface area contributed by atoms with Gasteiger partial charge in [0.05, 0.1) is 12.3 Å². The van der Waals surface area contributed by atoms with Crippen LogP contribution >= 0.6 is 11.6 Å². The summed E-state index contributed by atoms with van der Waals surface area (Å²) >= 11 is 5.99. The highest BCUT2D eigenvalue weighted by molar-refractivity contribution is 6.31. The molecule has 2 aromatic rings. The Bertz CT molecular complexity index is 560. The minimum atomic E-state index is -0.330. The summed E-state index contributed by atoms with van der Waals surface area (Å²) in [6, 6.07) is 12.1. The standard InChI is InChI=1S/C15H15ClFNO/c1-2-19-15-6-4-3-5-14(15)18-10-11-7-8-12(17)9-13(11)16/h3-9,18H,2,10H2,1H3. The van der Waals surface area contributed by atoms with Crippen molar-refractivity contribution in [2.75, 3.05) is 11.9 Å². The van der Waals surface area contributed by atoms with Crippen LogP contribution in [-0.2, 0) is 6.54 Å². The van der Waals surface area contributed by atoms with Crippen LogP contribution in [0.5, 0.6) is 5.75 Å². The van der Waals surface area contributed by atoms with Crippen LogP contribution in [0, 0.1) is 5.82 Å². The molecule has 2 aromatic carbocycles. The molecule has 0 atom stereocenters. The fourth-order valence-electron chi connectivity index (χ4n) is 1.75. The molecule has 100 valence electrons. The molecule has 0 saturated heterocycles. The van der Waals surface area contributed by atoms with E-state index in [4.69, 9.17) is 16.3 Å². The van der Waals surface area contributed by atoms with Gasteiger partial charge in [-0.1, -0.05) is 29.8 Å². The van der Waals surface area contributed by atoms with Crippen LogP contribution in [-0.4, -0.2) is 6.61 Å². The Balaban J connectivity index is 2.10. The van der Waals surface area contributed by atoms with E-state index < -0.39 is 0 Å². The Hall–Kier alpha value is -1.74. The molecule has 0 aromatic heterocycles. The van der Waals surface area contributed by atoms with E-state index >= 15 is 0 Å². The van der Waals surface area contributed by atoms with E-state index in [2.05, 4.69) is 5.32 Å². The van der Waals surface area contributed by atoms with Gasteiger partial charge in [-0.05, 0) is 36.8 Å². The Morgan fingerprint density at radius 3 is 2.74 bits per heavy atom. The lowest BCUT2D eigenvalue weighted by atomic mass is 10.2. The maximum absolute atomic E-state index is 13.0. The van der Waals surface area contributed by atoms with Crippen LogP contribution in [0.25, 0.3) is 0 Å². The third-order valence-electron chi connectivity index (χ3n) is 2.67. The van der Waals surface area contributed by atoms with Crippen molar-refractivity contribution in [2.45, 2.75) is 13.5 Å². The van der Waals surface area contributed by atoms with Crippen molar-refractivity contribution < 1.29 is 9.13 Å². The number of rotatable bonds is 5. The third kappa shape index (κ3) is 3.61. The Labute approximate surface area is 117 Å². The lowest BCUT2D eigenvalue weighted by Gasteiger charge is -2.12. The van der Waals surface area contributed by atoms with Gasteiger partial charge in [0.25, 0.3) is 0 Å². The van der Waals surface area contributed by atoms with E-state index in [0.717, 1.165) is 17.0 Å². The highest BCUT2D eigenvalue weighted by Crippen LogP contribution is 2.25. The summed E-state index contributed by atoms with van der Waals surface area (Å²) in [5.74, 6) is 0.465. The number of ether oxygens (including phenoxy) is 1. The SMILES string of the molecule is CCOc1ccccc1NCc1ccc(F)cc1Cl. The molecule has 0 aliphatic heterocycles. The molecule has 0 unspecified atom stereocenters. The maximum atomic E-state index is 13.0. The van der Waals surface area contributed by atoms with E-state index in [1.807, 2.05) is 31.2 Å². The van der Waals surface area contributed by atoms with E-state index in [1.165, 1.54) is 12.1 Å². The smallest absolute Gasteiger partial charge is 0.142 e. The minimum Gasteiger partial charge on any atom is -0.492 e. The molecule has 4 heteroatoms. The number of hydrogen-bond acceptors (Lipinski definition) is 2. The molecule has 1 N–H and O–H groups in total. The van der Waals surface area contributed by atoms with Crippen molar-refractivity contribution >= 4 is 17.3 Å². The Morgan fingerprint density at radius 1 is 1.21 bits per heavy atom. The van der Waals surface area contributed by atoms with Crippen LogP contribution < -0.4 is 10.1 Å². The molecule has 0 saturated carbocycles. The molecule has 0 amide bonds. The second-order valence-corrected chi connectivity index (χ2v) is 4.43. The first-order valence-corrected chi connectivity index (χ1v) is 6.48. The molecule has 2 rings (SSSR count). The lowest BCUT2D eigenvalue weighted by molar-refractivity contribution is 0.341. The molecule has 0 bridgehead atoms. The van der Waals surface area contributed by atoms with Gasteiger partial charge in [0, 0.05) is 11.6 Å². The summed E-state index contributed by atoms with van der Waals surface area (Å²) in [6.07, 6.45) is 0. The molecule has 0 aliphatic rings. The van der Waals surface area contributed by atoms with Crippen LogP contribution in [0.4, 0.5) is 10.1 Å². The molecule has 2 nitrogen and oxygen atoms in total. The Morgan fingerprint density at radius 2 is 2.00 bits per heavy atom. The summed E-state index contributed by atoms with van der Waals surface area (Å²) < 4.78 is 18.5. The zero-order chi connectivity index (χ0) is 13.7. The normalized spacial score (nSPS) is 10.3. The van der Waals surface area contributed by atoms with Gasteiger partial charge < -0.3 is 10.1 Å². The van der Waals surface area contributed by atoms with Gasteiger partial charge in [-0.2, -0.15) is 0 Å². The fraction of sp³-hybridized carbons (Fsp3) is 0.200. The van der Waals surface area contributed by atoms with Crippen LogP contribution in [0.3, 0.4) is 0 Å². The zero-order valence-electron chi connectivity index (χ0n) is 10.6. The average Bonchev–Trinajstić information content (AvgIpc) is 2.40.